The van der Waals surface area contributed by atoms with Crippen molar-refractivity contribution in [2.45, 2.75) is 38.0 Å². The van der Waals surface area contributed by atoms with Crippen LogP contribution >= 0.6 is 0 Å². The van der Waals surface area contributed by atoms with Gasteiger partial charge in [0.25, 0.3) is 0 Å². The number of aliphatic hydroxyl groups is 1. The maximum absolute atomic E-state index is 9.41. The Morgan fingerprint density at radius 2 is 2.20 bits per heavy atom. The molecule has 1 aliphatic rings. The van der Waals surface area contributed by atoms with Crippen LogP contribution in [-0.2, 0) is 0 Å². The molecule has 3 atom stereocenters. The molecule has 0 aromatic rings. The van der Waals surface area contributed by atoms with Crippen molar-refractivity contribution in [2.24, 2.45) is 17.4 Å². The van der Waals surface area contributed by atoms with Crippen LogP contribution < -0.4 is 11.5 Å². The van der Waals surface area contributed by atoms with Crippen molar-refractivity contribution in [1.82, 2.24) is 0 Å². The summed E-state index contributed by atoms with van der Waals surface area (Å²) in [5.74, 6) is 0.610. The summed E-state index contributed by atoms with van der Waals surface area (Å²) in [5, 5.41) is 9.41. The minimum atomic E-state index is -1.10. The Morgan fingerprint density at radius 1 is 1.60 bits per heavy atom. The number of hydrogen-bond donors (Lipinski definition) is 3. The SMILES string of the molecule is CC1CCC(N)(O)C(N)C1. The second-order valence-corrected chi connectivity index (χ2v) is 3.48. The highest BCUT2D eigenvalue weighted by atomic mass is 16.3. The van der Waals surface area contributed by atoms with Gasteiger partial charge in [-0.2, -0.15) is 0 Å². The van der Waals surface area contributed by atoms with E-state index in [0.29, 0.717) is 12.3 Å². The molecule has 60 valence electrons. The topological polar surface area (TPSA) is 72.3 Å². The molecule has 0 bridgehead atoms. The van der Waals surface area contributed by atoms with E-state index in [4.69, 9.17) is 11.5 Å². The van der Waals surface area contributed by atoms with Gasteiger partial charge in [0.05, 0.1) is 0 Å². The third-order valence-electron chi connectivity index (χ3n) is 2.34. The van der Waals surface area contributed by atoms with Crippen LogP contribution in [0.3, 0.4) is 0 Å². The van der Waals surface area contributed by atoms with Crippen LogP contribution in [0.2, 0.25) is 0 Å². The molecule has 1 fully saturated rings. The molecule has 1 rings (SSSR count). The third kappa shape index (κ3) is 1.48. The fraction of sp³-hybridized carbons (Fsp3) is 1.00. The second-order valence-electron chi connectivity index (χ2n) is 3.48. The van der Waals surface area contributed by atoms with Crippen LogP contribution in [0, 0.1) is 5.92 Å². The van der Waals surface area contributed by atoms with Gasteiger partial charge in [-0.05, 0) is 25.2 Å². The highest BCUT2D eigenvalue weighted by molar-refractivity contribution is 4.89. The molecule has 0 amide bonds. The minimum Gasteiger partial charge on any atom is -0.374 e. The summed E-state index contributed by atoms with van der Waals surface area (Å²) >= 11 is 0. The zero-order chi connectivity index (χ0) is 7.78. The molecule has 3 heteroatoms. The number of nitrogens with two attached hydrogens (primary N) is 2. The van der Waals surface area contributed by atoms with Gasteiger partial charge in [0.1, 0.15) is 5.72 Å². The monoisotopic (exact) mass is 144 g/mol. The predicted molar refractivity (Wildman–Crippen MR) is 40.1 cm³/mol. The summed E-state index contributed by atoms with van der Waals surface area (Å²) < 4.78 is 0. The van der Waals surface area contributed by atoms with Crippen molar-refractivity contribution in [1.29, 1.82) is 0 Å². The van der Waals surface area contributed by atoms with Gasteiger partial charge in [-0.25, -0.2) is 0 Å². The molecule has 0 spiro atoms. The van der Waals surface area contributed by atoms with Gasteiger partial charge in [0.15, 0.2) is 0 Å². The van der Waals surface area contributed by atoms with Crippen LogP contribution in [-0.4, -0.2) is 16.9 Å². The highest BCUT2D eigenvalue weighted by Gasteiger charge is 2.34. The van der Waals surface area contributed by atoms with Crippen LogP contribution in [0.15, 0.2) is 0 Å². The minimum absolute atomic E-state index is 0.240. The van der Waals surface area contributed by atoms with Crippen molar-refractivity contribution in [2.75, 3.05) is 0 Å². The Morgan fingerprint density at radius 3 is 2.60 bits per heavy atom. The van der Waals surface area contributed by atoms with E-state index >= 15 is 0 Å². The Bertz CT molecular complexity index is 125. The largest absolute Gasteiger partial charge is 0.374 e. The molecule has 5 N–H and O–H groups in total. The van der Waals surface area contributed by atoms with Gasteiger partial charge in [0, 0.05) is 6.04 Å². The average molecular weight is 144 g/mol. The first-order valence-electron chi connectivity index (χ1n) is 3.79. The molecule has 10 heavy (non-hydrogen) atoms. The quantitative estimate of drug-likeness (QED) is 0.412. The van der Waals surface area contributed by atoms with Gasteiger partial charge in [-0.15, -0.1) is 0 Å². The summed E-state index contributed by atoms with van der Waals surface area (Å²) in [6.45, 7) is 2.13. The maximum Gasteiger partial charge on any atom is 0.128 e. The van der Waals surface area contributed by atoms with E-state index in [1.54, 1.807) is 0 Å². The average Bonchev–Trinajstić information content (AvgIpc) is 1.81. The fourth-order valence-corrected chi connectivity index (χ4v) is 1.42. The van der Waals surface area contributed by atoms with Crippen LogP contribution in [0.5, 0.6) is 0 Å². The molecule has 0 aromatic carbocycles. The standard InChI is InChI=1S/C7H16N2O/c1-5-2-3-7(9,10)6(8)4-5/h5-6,10H,2-4,8-9H2,1H3. The van der Waals surface area contributed by atoms with Crippen molar-refractivity contribution < 1.29 is 5.11 Å². The molecule has 0 radical (unpaired) electrons. The molecule has 0 aliphatic heterocycles. The Labute approximate surface area is 61.4 Å². The van der Waals surface area contributed by atoms with Crippen LogP contribution in [0.4, 0.5) is 0 Å². The van der Waals surface area contributed by atoms with E-state index in [0.717, 1.165) is 12.8 Å². The van der Waals surface area contributed by atoms with Crippen molar-refractivity contribution in [3.05, 3.63) is 0 Å². The van der Waals surface area contributed by atoms with E-state index in [2.05, 4.69) is 6.92 Å². The van der Waals surface area contributed by atoms with Crippen molar-refractivity contribution in [3.8, 4) is 0 Å². The van der Waals surface area contributed by atoms with E-state index in [9.17, 15) is 5.11 Å². The van der Waals surface area contributed by atoms with Crippen molar-refractivity contribution >= 4 is 0 Å². The lowest BCUT2D eigenvalue weighted by Gasteiger charge is -2.37. The summed E-state index contributed by atoms with van der Waals surface area (Å²) in [4.78, 5) is 0. The van der Waals surface area contributed by atoms with E-state index in [1.807, 2.05) is 0 Å². The van der Waals surface area contributed by atoms with Crippen LogP contribution in [0.1, 0.15) is 26.2 Å². The summed E-state index contributed by atoms with van der Waals surface area (Å²) in [6.07, 6.45) is 2.46. The fourth-order valence-electron chi connectivity index (χ4n) is 1.42. The van der Waals surface area contributed by atoms with Crippen LogP contribution in [0.25, 0.3) is 0 Å². The van der Waals surface area contributed by atoms with E-state index < -0.39 is 5.72 Å². The molecular weight excluding hydrogens is 128 g/mol. The maximum atomic E-state index is 9.41. The Balaban J connectivity index is 2.52. The van der Waals surface area contributed by atoms with Gasteiger partial charge >= 0.3 is 0 Å². The summed E-state index contributed by atoms with van der Waals surface area (Å²) in [5.41, 5.74) is 10.0. The first-order valence-corrected chi connectivity index (χ1v) is 3.79. The molecule has 0 saturated heterocycles. The van der Waals surface area contributed by atoms with Gasteiger partial charge < -0.3 is 16.6 Å². The summed E-state index contributed by atoms with van der Waals surface area (Å²) in [6, 6.07) is -0.240. The zero-order valence-corrected chi connectivity index (χ0v) is 6.38. The van der Waals surface area contributed by atoms with E-state index in [-0.39, 0.29) is 6.04 Å². The summed E-state index contributed by atoms with van der Waals surface area (Å²) in [7, 11) is 0. The lowest BCUT2D eigenvalue weighted by atomic mass is 9.82. The molecule has 0 heterocycles. The first kappa shape index (κ1) is 7.98. The van der Waals surface area contributed by atoms with Crippen molar-refractivity contribution in [3.63, 3.8) is 0 Å². The molecule has 1 aliphatic carbocycles. The highest BCUT2D eigenvalue weighted by Crippen LogP contribution is 2.26. The lowest BCUT2D eigenvalue weighted by molar-refractivity contribution is -0.0198. The molecule has 0 aromatic heterocycles. The smallest absolute Gasteiger partial charge is 0.128 e. The van der Waals surface area contributed by atoms with E-state index in [1.165, 1.54) is 0 Å². The molecular formula is C7H16N2O. The normalized spacial score (nSPS) is 49.2. The van der Waals surface area contributed by atoms with Gasteiger partial charge in [-0.1, -0.05) is 6.92 Å². The number of hydrogen-bond acceptors (Lipinski definition) is 3. The molecule has 3 unspecified atom stereocenters. The molecule has 1 saturated carbocycles. The van der Waals surface area contributed by atoms with Gasteiger partial charge in [0.2, 0.25) is 0 Å². The first-order chi connectivity index (χ1) is 4.52. The second kappa shape index (κ2) is 2.49. The predicted octanol–water partition coefficient (Wildman–Crippen LogP) is -0.219. The Kier molecular flexibility index (Phi) is 1.99. The lowest BCUT2D eigenvalue weighted by Crippen LogP contribution is -2.58. The molecule has 3 nitrogen and oxygen atoms in total. The van der Waals surface area contributed by atoms with Gasteiger partial charge in [-0.3, -0.25) is 0 Å². The Hall–Kier alpha value is -0.120. The third-order valence-corrected chi connectivity index (χ3v) is 2.34. The zero-order valence-electron chi connectivity index (χ0n) is 6.38. The number of rotatable bonds is 0.